The zero-order valence-corrected chi connectivity index (χ0v) is 18.7. The Morgan fingerprint density at radius 2 is 1.82 bits per heavy atom. The zero-order valence-electron chi connectivity index (χ0n) is 17.8. The van der Waals surface area contributed by atoms with Gasteiger partial charge in [-0.3, -0.25) is 4.79 Å². The van der Waals surface area contributed by atoms with Gasteiger partial charge in [-0.25, -0.2) is 22.2 Å². The van der Waals surface area contributed by atoms with E-state index in [4.69, 9.17) is 9.47 Å². The second kappa shape index (κ2) is 9.80. The van der Waals surface area contributed by atoms with Crippen molar-refractivity contribution in [2.75, 3.05) is 17.5 Å². The highest BCUT2D eigenvalue weighted by Gasteiger charge is 2.38. The van der Waals surface area contributed by atoms with Crippen LogP contribution in [0.3, 0.4) is 0 Å². The predicted octanol–water partition coefficient (Wildman–Crippen LogP) is 4.16. The summed E-state index contributed by atoms with van der Waals surface area (Å²) in [5.74, 6) is -1.41. The number of ether oxygens (including phenoxy) is 2. The molecule has 34 heavy (non-hydrogen) atoms. The van der Waals surface area contributed by atoms with Gasteiger partial charge in [-0.2, -0.15) is 8.42 Å². The smallest absolute Gasteiger partial charge is 0.326 e. The molecule has 1 aliphatic rings. The summed E-state index contributed by atoms with van der Waals surface area (Å²) in [6, 6.07) is 14.8. The number of rotatable bonds is 9. The summed E-state index contributed by atoms with van der Waals surface area (Å²) in [6.45, 7) is -0.497. The Bertz CT molecular complexity index is 1300. The van der Waals surface area contributed by atoms with Crippen molar-refractivity contribution in [1.29, 1.82) is 0 Å². The number of fused-ring (bicyclic) bond motifs is 1. The molecule has 180 valence electrons. The van der Waals surface area contributed by atoms with E-state index in [1.807, 2.05) is 10.8 Å². The minimum atomic E-state index is -4.29. The number of amides is 1. The maximum atomic E-state index is 15.7. The lowest BCUT2D eigenvalue weighted by molar-refractivity contribution is -0.117. The van der Waals surface area contributed by atoms with Gasteiger partial charge in [0, 0.05) is 11.8 Å². The standard InChI is InChI=1S/C23H21F3N2O5S/c24-20(25)7-4-10-32-17-8-9-18-16(11-17)12-19(33-14-15-5-2-1-3-6-15)23(22(18)26)28-13-21(29)27-34(28,30)31/h1-3,5-6,8-9,11-12,20H,4,7,10,13-14H2,(H,27,29). The molecule has 0 aromatic heterocycles. The minimum absolute atomic E-state index is 0.0257. The van der Waals surface area contributed by atoms with E-state index in [9.17, 15) is 22.0 Å². The van der Waals surface area contributed by atoms with Crippen molar-refractivity contribution in [3.05, 3.63) is 66.0 Å². The van der Waals surface area contributed by atoms with E-state index in [1.165, 1.54) is 24.3 Å². The first-order chi connectivity index (χ1) is 16.2. The summed E-state index contributed by atoms with van der Waals surface area (Å²) < 4.78 is 78.9. The molecule has 0 bridgehead atoms. The molecule has 3 aromatic carbocycles. The van der Waals surface area contributed by atoms with Crippen LogP contribution in [-0.2, 0) is 21.6 Å². The summed E-state index contributed by atoms with van der Waals surface area (Å²) >= 11 is 0. The number of halogens is 3. The molecule has 1 N–H and O–H groups in total. The fraction of sp³-hybridized carbons (Fsp3) is 0.261. The fourth-order valence-corrected chi connectivity index (χ4v) is 4.71. The van der Waals surface area contributed by atoms with Crippen molar-refractivity contribution in [3.63, 3.8) is 0 Å². The number of alkyl halides is 2. The number of anilines is 1. The number of hydrogen-bond acceptors (Lipinski definition) is 5. The molecule has 1 heterocycles. The molecule has 1 fully saturated rings. The molecule has 7 nitrogen and oxygen atoms in total. The van der Waals surface area contributed by atoms with Gasteiger partial charge < -0.3 is 9.47 Å². The van der Waals surface area contributed by atoms with Gasteiger partial charge in [0.05, 0.1) is 6.61 Å². The van der Waals surface area contributed by atoms with Gasteiger partial charge >= 0.3 is 10.2 Å². The molecular formula is C23H21F3N2O5S. The van der Waals surface area contributed by atoms with Crippen molar-refractivity contribution < 1.29 is 35.9 Å². The van der Waals surface area contributed by atoms with Crippen molar-refractivity contribution in [1.82, 2.24) is 4.72 Å². The van der Waals surface area contributed by atoms with Crippen LogP contribution < -0.4 is 18.5 Å². The number of carbonyl (C=O) groups excluding carboxylic acids is 1. The van der Waals surface area contributed by atoms with Crippen molar-refractivity contribution in [3.8, 4) is 11.5 Å². The first-order valence-electron chi connectivity index (χ1n) is 10.4. The van der Waals surface area contributed by atoms with E-state index in [2.05, 4.69) is 0 Å². The average molecular weight is 494 g/mol. The molecule has 11 heteroatoms. The van der Waals surface area contributed by atoms with Crippen molar-refractivity contribution >= 4 is 32.6 Å². The molecule has 0 unspecified atom stereocenters. The predicted molar refractivity (Wildman–Crippen MR) is 120 cm³/mol. The minimum Gasteiger partial charge on any atom is -0.494 e. The summed E-state index contributed by atoms with van der Waals surface area (Å²) in [6.07, 6.45) is -2.55. The van der Waals surface area contributed by atoms with E-state index in [-0.39, 0.29) is 42.9 Å². The van der Waals surface area contributed by atoms with Gasteiger partial charge in [0.1, 0.15) is 30.3 Å². The van der Waals surface area contributed by atoms with E-state index in [1.54, 1.807) is 24.3 Å². The van der Waals surface area contributed by atoms with Crippen LogP contribution in [0.25, 0.3) is 10.8 Å². The maximum absolute atomic E-state index is 15.7. The Morgan fingerprint density at radius 1 is 1.06 bits per heavy atom. The van der Waals surface area contributed by atoms with E-state index >= 15 is 4.39 Å². The third-order valence-electron chi connectivity index (χ3n) is 5.13. The zero-order chi connectivity index (χ0) is 24.3. The molecular weight excluding hydrogens is 473 g/mol. The molecule has 0 radical (unpaired) electrons. The van der Waals surface area contributed by atoms with Crippen molar-refractivity contribution in [2.45, 2.75) is 25.9 Å². The van der Waals surface area contributed by atoms with Gasteiger partial charge in [-0.1, -0.05) is 30.3 Å². The highest BCUT2D eigenvalue weighted by atomic mass is 32.2. The Hall–Kier alpha value is -3.47. The van der Waals surface area contributed by atoms with Crippen LogP contribution in [-0.4, -0.2) is 33.9 Å². The molecule has 3 aromatic rings. The molecule has 0 spiro atoms. The third kappa shape index (κ3) is 5.19. The van der Waals surface area contributed by atoms with Crippen LogP contribution in [0.2, 0.25) is 0 Å². The number of nitrogens with one attached hydrogen (secondary N) is 1. The van der Waals surface area contributed by atoms with Crippen LogP contribution in [0.15, 0.2) is 54.6 Å². The SMILES string of the molecule is O=C1CN(c2c(OCc3ccccc3)cc3cc(OCCCC(F)F)ccc3c2F)S(=O)(=O)N1. The molecule has 0 atom stereocenters. The Kier molecular flexibility index (Phi) is 6.82. The van der Waals surface area contributed by atoms with Gasteiger partial charge in [0.25, 0.3) is 5.91 Å². The van der Waals surface area contributed by atoms with Gasteiger partial charge in [-0.15, -0.1) is 0 Å². The highest BCUT2D eigenvalue weighted by Crippen LogP contribution is 2.40. The van der Waals surface area contributed by atoms with Crippen molar-refractivity contribution in [2.24, 2.45) is 0 Å². The third-order valence-corrected chi connectivity index (χ3v) is 6.51. The second-order valence-electron chi connectivity index (χ2n) is 7.61. The number of benzene rings is 3. The summed E-state index contributed by atoms with van der Waals surface area (Å²) in [4.78, 5) is 11.8. The van der Waals surface area contributed by atoms with Crippen LogP contribution in [0, 0.1) is 5.82 Å². The lowest BCUT2D eigenvalue weighted by atomic mass is 10.1. The maximum Gasteiger partial charge on any atom is 0.326 e. The van der Waals surface area contributed by atoms with E-state index in [0.29, 0.717) is 15.4 Å². The van der Waals surface area contributed by atoms with Crippen LogP contribution >= 0.6 is 0 Å². The Labute approximate surface area is 194 Å². The summed E-state index contributed by atoms with van der Waals surface area (Å²) in [5.41, 5.74) is 0.385. The normalized spacial score (nSPS) is 15.1. The van der Waals surface area contributed by atoms with Crippen LogP contribution in [0.1, 0.15) is 18.4 Å². The van der Waals surface area contributed by atoms with Gasteiger partial charge in [-0.05, 0) is 41.6 Å². The Balaban J connectivity index is 1.71. The number of carbonyl (C=O) groups is 1. The first kappa shape index (κ1) is 23.7. The van der Waals surface area contributed by atoms with Gasteiger partial charge in [0.2, 0.25) is 6.43 Å². The quantitative estimate of drug-likeness (QED) is 0.452. The van der Waals surface area contributed by atoms with E-state index < -0.39 is 34.9 Å². The van der Waals surface area contributed by atoms with Crippen LogP contribution in [0.5, 0.6) is 11.5 Å². The summed E-state index contributed by atoms with van der Waals surface area (Å²) in [7, 11) is -4.29. The molecule has 1 saturated heterocycles. The average Bonchev–Trinajstić information content (AvgIpc) is 3.07. The second-order valence-corrected chi connectivity index (χ2v) is 9.21. The Morgan fingerprint density at radius 3 is 2.50 bits per heavy atom. The lowest BCUT2D eigenvalue weighted by Crippen LogP contribution is -2.30. The number of nitrogens with zero attached hydrogens (tertiary/aromatic N) is 1. The molecule has 1 amide bonds. The first-order valence-corrected chi connectivity index (χ1v) is 11.9. The highest BCUT2D eigenvalue weighted by molar-refractivity contribution is 7.92. The monoisotopic (exact) mass is 494 g/mol. The molecule has 0 aliphatic carbocycles. The number of hydrogen-bond donors (Lipinski definition) is 1. The molecule has 0 saturated carbocycles. The largest absolute Gasteiger partial charge is 0.494 e. The summed E-state index contributed by atoms with van der Waals surface area (Å²) in [5, 5.41) is 0.433. The molecule has 1 aliphatic heterocycles. The fourth-order valence-electron chi connectivity index (χ4n) is 3.55. The van der Waals surface area contributed by atoms with Gasteiger partial charge in [0.15, 0.2) is 5.82 Å². The topological polar surface area (TPSA) is 84.9 Å². The molecule has 4 rings (SSSR count). The van der Waals surface area contributed by atoms with Crippen LogP contribution in [0.4, 0.5) is 18.9 Å². The lowest BCUT2D eigenvalue weighted by Gasteiger charge is -2.21. The van der Waals surface area contributed by atoms with E-state index in [0.717, 1.165) is 5.56 Å².